The van der Waals surface area contributed by atoms with Crippen molar-refractivity contribution >= 4 is 27.5 Å². The van der Waals surface area contributed by atoms with Crippen molar-refractivity contribution in [3.8, 4) is 0 Å². The fourth-order valence-corrected chi connectivity index (χ4v) is 6.16. The van der Waals surface area contributed by atoms with Crippen molar-refractivity contribution in [2.75, 3.05) is 11.3 Å². The van der Waals surface area contributed by atoms with Gasteiger partial charge in [-0.15, -0.1) is 0 Å². The van der Waals surface area contributed by atoms with E-state index in [1.165, 1.54) is 30.9 Å². The number of carbonyl (C=O) groups excluding carboxylic acids is 2. The van der Waals surface area contributed by atoms with Gasteiger partial charge in [-0.3, -0.25) is 14.3 Å². The Labute approximate surface area is 208 Å². The molecule has 2 aromatic rings. The molecule has 0 bridgehead atoms. The standard InChI is InChI=1S/C27H35N3O4S/c1-19(2)28-26(31)25-12-7-17-30(25)27(32)22-10-6-11-23(18-22)29-35(33,34)24-15-13-21(14-16-24)20-8-4-3-5-9-20/h6,10-11,13-16,18-20,25,29H,3-5,7-9,12,17H2,1-2H3,(H,28,31). The lowest BCUT2D eigenvalue weighted by atomic mass is 9.84. The van der Waals surface area contributed by atoms with Gasteiger partial charge in [0.25, 0.3) is 15.9 Å². The Morgan fingerprint density at radius 3 is 2.34 bits per heavy atom. The summed E-state index contributed by atoms with van der Waals surface area (Å²) in [6, 6.07) is 13.1. The number of amides is 2. The number of carbonyl (C=O) groups is 2. The van der Waals surface area contributed by atoms with Gasteiger partial charge in [0.15, 0.2) is 0 Å². The monoisotopic (exact) mass is 497 g/mol. The van der Waals surface area contributed by atoms with Crippen LogP contribution in [0.1, 0.15) is 80.6 Å². The van der Waals surface area contributed by atoms with E-state index in [0.717, 1.165) is 19.3 Å². The van der Waals surface area contributed by atoms with Gasteiger partial charge in [-0.1, -0.05) is 37.5 Å². The van der Waals surface area contributed by atoms with Crippen molar-refractivity contribution < 1.29 is 18.0 Å². The molecule has 2 aliphatic rings. The number of benzene rings is 2. The first-order chi connectivity index (χ1) is 16.7. The normalized spacial score (nSPS) is 19.1. The number of nitrogens with one attached hydrogen (secondary N) is 2. The summed E-state index contributed by atoms with van der Waals surface area (Å²) < 4.78 is 28.6. The Bertz CT molecular complexity index is 1160. The molecular formula is C27H35N3O4S. The largest absolute Gasteiger partial charge is 0.352 e. The van der Waals surface area contributed by atoms with Crippen LogP contribution in [-0.4, -0.2) is 43.8 Å². The van der Waals surface area contributed by atoms with E-state index in [1.807, 2.05) is 26.0 Å². The summed E-state index contributed by atoms with van der Waals surface area (Å²) in [5.41, 5.74) is 1.86. The molecule has 1 saturated heterocycles. The first-order valence-corrected chi connectivity index (χ1v) is 14.1. The van der Waals surface area contributed by atoms with E-state index < -0.39 is 16.1 Å². The molecule has 0 aromatic heterocycles. The zero-order valence-corrected chi connectivity index (χ0v) is 21.3. The molecule has 1 aliphatic carbocycles. The van der Waals surface area contributed by atoms with E-state index in [4.69, 9.17) is 0 Å². The molecule has 1 aliphatic heterocycles. The van der Waals surface area contributed by atoms with Gasteiger partial charge in [0.1, 0.15) is 6.04 Å². The second-order valence-corrected chi connectivity index (χ2v) is 11.6. The third-order valence-corrected chi connectivity index (χ3v) is 8.27. The van der Waals surface area contributed by atoms with Crippen molar-refractivity contribution in [3.05, 3.63) is 59.7 Å². The van der Waals surface area contributed by atoms with Gasteiger partial charge in [-0.25, -0.2) is 8.42 Å². The summed E-state index contributed by atoms with van der Waals surface area (Å²) in [5, 5.41) is 2.88. The van der Waals surface area contributed by atoms with E-state index in [2.05, 4.69) is 10.0 Å². The van der Waals surface area contributed by atoms with Crippen LogP contribution in [0.2, 0.25) is 0 Å². The third kappa shape index (κ3) is 6.04. The fraction of sp³-hybridized carbons (Fsp3) is 0.481. The molecule has 188 valence electrons. The molecule has 7 nitrogen and oxygen atoms in total. The van der Waals surface area contributed by atoms with Crippen LogP contribution in [-0.2, 0) is 14.8 Å². The molecule has 2 fully saturated rings. The quantitative estimate of drug-likeness (QED) is 0.581. The zero-order chi connectivity index (χ0) is 25.0. The molecule has 0 radical (unpaired) electrons. The van der Waals surface area contributed by atoms with Crippen molar-refractivity contribution in [2.24, 2.45) is 0 Å². The molecule has 8 heteroatoms. The molecule has 2 amide bonds. The van der Waals surface area contributed by atoms with Crippen LogP contribution in [0.4, 0.5) is 5.69 Å². The lowest BCUT2D eigenvalue weighted by Crippen LogP contribution is -2.47. The van der Waals surface area contributed by atoms with Crippen LogP contribution in [0, 0.1) is 0 Å². The smallest absolute Gasteiger partial charge is 0.261 e. The summed E-state index contributed by atoms with van der Waals surface area (Å²) in [7, 11) is -3.80. The van der Waals surface area contributed by atoms with E-state index in [0.29, 0.717) is 30.1 Å². The highest BCUT2D eigenvalue weighted by Crippen LogP contribution is 2.33. The Morgan fingerprint density at radius 2 is 1.66 bits per heavy atom. The van der Waals surface area contributed by atoms with Crippen molar-refractivity contribution in [1.82, 2.24) is 10.2 Å². The average Bonchev–Trinajstić information content (AvgIpc) is 3.34. The van der Waals surface area contributed by atoms with Gasteiger partial charge in [0.05, 0.1) is 4.90 Å². The first kappa shape index (κ1) is 25.2. The molecule has 0 spiro atoms. The van der Waals surface area contributed by atoms with Crippen molar-refractivity contribution in [2.45, 2.75) is 81.7 Å². The molecule has 1 saturated carbocycles. The van der Waals surface area contributed by atoms with Crippen LogP contribution in [0.3, 0.4) is 0 Å². The molecule has 1 heterocycles. The maximum absolute atomic E-state index is 13.2. The Morgan fingerprint density at radius 1 is 0.943 bits per heavy atom. The minimum atomic E-state index is -3.80. The number of anilines is 1. The van der Waals surface area contributed by atoms with Gasteiger partial charge in [0, 0.05) is 23.8 Å². The van der Waals surface area contributed by atoms with Gasteiger partial charge in [0.2, 0.25) is 5.91 Å². The lowest BCUT2D eigenvalue weighted by molar-refractivity contribution is -0.125. The molecule has 1 unspecified atom stereocenters. The minimum absolute atomic E-state index is 0.00508. The predicted molar refractivity (Wildman–Crippen MR) is 137 cm³/mol. The number of hydrogen-bond donors (Lipinski definition) is 2. The molecule has 4 rings (SSSR count). The highest BCUT2D eigenvalue weighted by Gasteiger charge is 2.34. The highest BCUT2D eigenvalue weighted by molar-refractivity contribution is 7.92. The summed E-state index contributed by atoms with van der Waals surface area (Å²) in [6.45, 7) is 4.27. The maximum atomic E-state index is 13.2. The van der Waals surface area contributed by atoms with Gasteiger partial charge < -0.3 is 10.2 Å². The topological polar surface area (TPSA) is 95.6 Å². The third-order valence-electron chi connectivity index (χ3n) is 6.88. The van der Waals surface area contributed by atoms with Crippen LogP contribution >= 0.6 is 0 Å². The van der Waals surface area contributed by atoms with Crippen LogP contribution in [0.15, 0.2) is 53.4 Å². The van der Waals surface area contributed by atoms with Gasteiger partial charge >= 0.3 is 0 Å². The average molecular weight is 498 g/mol. The summed E-state index contributed by atoms with van der Waals surface area (Å²) >= 11 is 0. The van der Waals surface area contributed by atoms with Crippen LogP contribution in [0.5, 0.6) is 0 Å². The molecule has 2 N–H and O–H groups in total. The van der Waals surface area contributed by atoms with Crippen molar-refractivity contribution in [1.29, 1.82) is 0 Å². The number of hydrogen-bond acceptors (Lipinski definition) is 4. The summed E-state index contributed by atoms with van der Waals surface area (Å²) in [5.74, 6) is 0.0804. The molecule has 1 atom stereocenters. The second-order valence-electron chi connectivity index (χ2n) is 9.91. The van der Waals surface area contributed by atoms with E-state index in [9.17, 15) is 18.0 Å². The Balaban J connectivity index is 1.46. The van der Waals surface area contributed by atoms with Crippen LogP contribution < -0.4 is 10.0 Å². The Kier molecular flexibility index (Phi) is 7.79. The SMILES string of the molecule is CC(C)NC(=O)C1CCCN1C(=O)c1cccc(NS(=O)(=O)c2ccc(C3CCCCC3)cc2)c1. The number of nitrogens with zero attached hydrogens (tertiary/aromatic N) is 1. The first-order valence-electron chi connectivity index (χ1n) is 12.6. The van der Waals surface area contributed by atoms with Gasteiger partial charge in [-0.2, -0.15) is 0 Å². The molecule has 35 heavy (non-hydrogen) atoms. The summed E-state index contributed by atoms with van der Waals surface area (Å²) in [6.07, 6.45) is 7.41. The fourth-order valence-electron chi connectivity index (χ4n) is 5.11. The second kappa shape index (κ2) is 10.8. The zero-order valence-electron chi connectivity index (χ0n) is 20.5. The van der Waals surface area contributed by atoms with E-state index >= 15 is 0 Å². The van der Waals surface area contributed by atoms with Crippen LogP contribution in [0.25, 0.3) is 0 Å². The summed E-state index contributed by atoms with van der Waals surface area (Å²) in [4.78, 5) is 27.5. The van der Waals surface area contributed by atoms with E-state index in [1.54, 1.807) is 35.2 Å². The Hall–Kier alpha value is -2.87. The van der Waals surface area contributed by atoms with Crippen molar-refractivity contribution in [3.63, 3.8) is 0 Å². The lowest BCUT2D eigenvalue weighted by Gasteiger charge is -2.25. The number of likely N-dealkylation sites (tertiary alicyclic amines) is 1. The van der Waals surface area contributed by atoms with E-state index in [-0.39, 0.29) is 22.8 Å². The maximum Gasteiger partial charge on any atom is 0.261 e. The molecule has 2 aromatic carbocycles. The number of rotatable bonds is 7. The minimum Gasteiger partial charge on any atom is -0.352 e. The number of sulfonamides is 1. The highest BCUT2D eigenvalue weighted by atomic mass is 32.2. The molecular weight excluding hydrogens is 462 g/mol. The predicted octanol–water partition coefficient (Wildman–Crippen LogP) is 4.66. The van der Waals surface area contributed by atoms with Gasteiger partial charge in [-0.05, 0) is 81.3 Å².